The van der Waals surface area contributed by atoms with Crippen molar-refractivity contribution in [2.24, 2.45) is 11.3 Å². The van der Waals surface area contributed by atoms with Gasteiger partial charge in [0.15, 0.2) is 5.60 Å². The standard InChI is InChI=1S/C19H26O3/c1-18(2,3)17-21-16(20)19(22-17,14-10-6-4-7-11-14)15-12-8-5-9-13-15/h4,6-7,10-11,15,17H,5,8-9,12-13H2,1-3H3/t17-,19-/m1/s1. The van der Waals surface area contributed by atoms with Gasteiger partial charge in [0.25, 0.3) is 0 Å². The van der Waals surface area contributed by atoms with Crippen LogP contribution in [0.2, 0.25) is 0 Å². The Hall–Kier alpha value is -1.35. The van der Waals surface area contributed by atoms with Crippen molar-refractivity contribution < 1.29 is 14.3 Å². The molecule has 2 atom stereocenters. The molecule has 1 saturated heterocycles. The van der Waals surface area contributed by atoms with Crippen LogP contribution in [0.3, 0.4) is 0 Å². The predicted molar refractivity (Wildman–Crippen MR) is 85.1 cm³/mol. The van der Waals surface area contributed by atoms with E-state index in [1.807, 2.05) is 51.1 Å². The molecule has 0 N–H and O–H groups in total. The Bertz CT molecular complexity index is 525. The highest BCUT2D eigenvalue weighted by Gasteiger charge is 2.58. The summed E-state index contributed by atoms with van der Waals surface area (Å²) in [4.78, 5) is 12.9. The molecule has 3 nitrogen and oxygen atoms in total. The number of carbonyl (C=O) groups excluding carboxylic acids is 1. The fourth-order valence-corrected chi connectivity index (χ4v) is 3.66. The van der Waals surface area contributed by atoms with E-state index in [2.05, 4.69) is 0 Å². The molecule has 2 aliphatic rings. The van der Waals surface area contributed by atoms with Gasteiger partial charge in [-0.15, -0.1) is 0 Å². The molecule has 1 aromatic rings. The van der Waals surface area contributed by atoms with Crippen LogP contribution in [0.1, 0.15) is 58.4 Å². The number of hydrogen-bond donors (Lipinski definition) is 0. The third kappa shape index (κ3) is 2.56. The number of carbonyl (C=O) groups is 1. The average molecular weight is 302 g/mol. The molecular formula is C19H26O3. The quantitative estimate of drug-likeness (QED) is 0.759. The van der Waals surface area contributed by atoms with Gasteiger partial charge in [-0.2, -0.15) is 0 Å². The van der Waals surface area contributed by atoms with Gasteiger partial charge in [-0.3, -0.25) is 0 Å². The van der Waals surface area contributed by atoms with E-state index in [0.717, 1.165) is 31.2 Å². The maximum Gasteiger partial charge on any atom is 0.345 e. The predicted octanol–water partition coefficient (Wildman–Crippen LogP) is 4.41. The van der Waals surface area contributed by atoms with Crippen LogP contribution < -0.4 is 0 Å². The highest BCUT2D eigenvalue weighted by atomic mass is 16.8. The van der Waals surface area contributed by atoms with Crippen LogP contribution in [-0.2, 0) is 19.9 Å². The summed E-state index contributed by atoms with van der Waals surface area (Å²) in [6.07, 6.45) is 5.15. The lowest BCUT2D eigenvalue weighted by Gasteiger charge is -2.37. The number of rotatable bonds is 2. The lowest BCUT2D eigenvalue weighted by Crippen LogP contribution is -2.43. The van der Waals surface area contributed by atoms with Gasteiger partial charge in [0.05, 0.1) is 0 Å². The van der Waals surface area contributed by atoms with E-state index < -0.39 is 11.9 Å². The van der Waals surface area contributed by atoms with Gasteiger partial charge in [-0.1, -0.05) is 70.4 Å². The lowest BCUT2D eigenvalue weighted by atomic mass is 9.73. The van der Waals surface area contributed by atoms with Crippen molar-refractivity contribution in [2.45, 2.75) is 64.8 Å². The van der Waals surface area contributed by atoms with E-state index in [9.17, 15) is 4.79 Å². The summed E-state index contributed by atoms with van der Waals surface area (Å²) < 4.78 is 12.1. The van der Waals surface area contributed by atoms with Gasteiger partial charge in [0.1, 0.15) is 0 Å². The molecule has 22 heavy (non-hydrogen) atoms. The maximum atomic E-state index is 12.9. The second-order valence-corrected chi connectivity index (χ2v) is 7.66. The molecule has 1 heterocycles. The highest BCUT2D eigenvalue weighted by molar-refractivity contribution is 5.83. The summed E-state index contributed by atoms with van der Waals surface area (Å²) in [6.45, 7) is 6.15. The normalized spacial score (nSPS) is 30.3. The van der Waals surface area contributed by atoms with E-state index in [-0.39, 0.29) is 17.3 Å². The van der Waals surface area contributed by atoms with E-state index >= 15 is 0 Å². The minimum Gasteiger partial charge on any atom is -0.433 e. The first-order valence-electron chi connectivity index (χ1n) is 8.39. The molecule has 0 amide bonds. The molecular weight excluding hydrogens is 276 g/mol. The Morgan fingerprint density at radius 3 is 2.23 bits per heavy atom. The first-order chi connectivity index (χ1) is 10.4. The van der Waals surface area contributed by atoms with Crippen LogP contribution in [0.4, 0.5) is 0 Å². The van der Waals surface area contributed by atoms with Crippen molar-refractivity contribution >= 4 is 5.97 Å². The van der Waals surface area contributed by atoms with Gasteiger partial charge in [0.2, 0.25) is 6.29 Å². The number of esters is 1. The Labute approximate surface area is 133 Å². The monoisotopic (exact) mass is 302 g/mol. The SMILES string of the molecule is CC(C)(C)[C@@H]1OC(=O)[C@@](c2ccccc2)(C2CCCCC2)O1. The van der Waals surface area contributed by atoms with Crippen molar-refractivity contribution in [3.05, 3.63) is 35.9 Å². The fraction of sp³-hybridized carbons (Fsp3) is 0.632. The summed E-state index contributed by atoms with van der Waals surface area (Å²) in [5, 5.41) is 0. The number of benzene rings is 1. The Morgan fingerprint density at radius 2 is 1.68 bits per heavy atom. The molecule has 3 rings (SSSR count). The zero-order valence-corrected chi connectivity index (χ0v) is 13.8. The van der Waals surface area contributed by atoms with Crippen molar-refractivity contribution in [3.63, 3.8) is 0 Å². The summed E-state index contributed by atoms with van der Waals surface area (Å²) in [7, 11) is 0. The number of hydrogen-bond acceptors (Lipinski definition) is 3. The van der Waals surface area contributed by atoms with Crippen LogP contribution in [-0.4, -0.2) is 12.3 Å². The molecule has 2 fully saturated rings. The van der Waals surface area contributed by atoms with Gasteiger partial charge in [-0.05, 0) is 18.4 Å². The molecule has 1 aromatic carbocycles. The minimum atomic E-state index is -0.917. The molecule has 0 radical (unpaired) electrons. The summed E-state index contributed by atoms with van der Waals surface area (Å²) >= 11 is 0. The van der Waals surface area contributed by atoms with E-state index in [4.69, 9.17) is 9.47 Å². The van der Waals surface area contributed by atoms with Crippen molar-refractivity contribution in [3.8, 4) is 0 Å². The fourth-order valence-electron chi connectivity index (χ4n) is 3.66. The lowest BCUT2D eigenvalue weighted by molar-refractivity contribution is -0.164. The molecule has 1 aliphatic heterocycles. The van der Waals surface area contributed by atoms with Crippen molar-refractivity contribution in [1.29, 1.82) is 0 Å². The van der Waals surface area contributed by atoms with Gasteiger partial charge in [0, 0.05) is 11.3 Å². The number of ether oxygens (including phenoxy) is 2. The van der Waals surface area contributed by atoms with E-state index in [0.29, 0.717) is 0 Å². The van der Waals surface area contributed by atoms with Crippen molar-refractivity contribution in [2.75, 3.05) is 0 Å². The Morgan fingerprint density at radius 1 is 1.05 bits per heavy atom. The first-order valence-corrected chi connectivity index (χ1v) is 8.39. The smallest absolute Gasteiger partial charge is 0.345 e. The van der Waals surface area contributed by atoms with Crippen LogP contribution in [0.5, 0.6) is 0 Å². The van der Waals surface area contributed by atoms with Crippen molar-refractivity contribution in [1.82, 2.24) is 0 Å². The van der Waals surface area contributed by atoms with Crippen LogP contribution in [0, 0.1) is 11.3 Å². The van der Waals surface area contributed by atoms with Crippen LogP contribution >= 0.6 is 0 Å². The topological polar surface area (TPSA) is 35.5 Å². The van der Waals surface area contributed by atoms with E-state index in [1.165, 1.54) is 6.42 Å². The third-order valence-corrected chi connectivity index (χ3v) is 4.90. The zero-order chi connectivity index (χ0) is 15.8. The van der Waals surface area contributed by atoms with Crippen LogP contribution in [0.15, 0.2) is 30.3 Å². The number of cyclic esters (lactones) is 1. The minimum absolute atomic E-state index is 0.203. The molecule has 1 aliphatic carbocycles. The molecule has 0 aromatic heterocycles. The second-order valence-electron chi connectivity index (χ2n) is 7.66. The molecule has 1 saturated carbocycles. The molecule has 3 heteroatoms. The molecule has 0 spiro atoms. The molecule has 0 unspecified atom stereocenters. The molecule has 0 bridgehead atoms. The van der Waals surface area contributed by atoms with E-state index in [1.54, 1.807) is 0 Å². The first kappa shape index (κ1) is 15.5. The summed E-state index contributed by atoms with van der Waals surface area (Å²) in [6, 6.07) is 9.92. The van der Waals surface area contributed by atoms with Gasteiger partial charge < -0.3 is 9.47 Å². The van der Waals surface area contributed by atoms with Crippen LogP contribution in [0.25, 0.3) is 0 Å². The third-order valence-electron chi connectivity index (χ3n) is 4.90. The van der Waals surface area contributed by atoms with Gasteiger partial charge >= 0.3 is 5.97 Å². The highest BCUT2D eigenvalue weighted by Crippen LogP contribution is 2.49. The maximum absolute atomic E-state index is 12.9. The summed E-state index contributed by atoms with van der Waals surface area (Å²) in [5.74, 6) is 0.00836. The summed E-state index contributed by atoms with van der Waals surface area (Å²) in [5.41, 5.74) is -0.195. The Kier molecular flexibility index (Phi) is 4.02. The van der Waals surface area contributed by atoms with Gasteiger partial charge in [-0.25, -0.2) is 4.79 Å². The average Bonchev–Trinajstić information content (AvgIpc) is 2.88. The Balaban J connectivity index is 2.02. The second kappa shape index (κ2) is 5.69. The largest absolute Gasteiger partial charge is 0.433 e. The zero-order valence-electron chi connectivity index (χ0n) is 13.8. The molecule has 120 valence electrons.